The largest absolute Gasteiger partial charge is 0.368 e. The Morgan fingerprint density at radius 3 is 2.88 bits per heavy atom. The summed E-state index contributed by atoms with van der Waals surface area (Å²) in [5.74, 6) is -0.346. The third kappa shape index (κ3) is 3.34. The van der Waals surface area contributed by atoms with Gasteiger partial charge in [-0.25, -0.2) is 0 Å². The molecule has 16 heavy (non-hydrogen) atoms. The minimum absolute atomic E-state index is 0.325. The molecule has 0 aliphatic rings. The molecule has 90 valence electrons. The standard InChI is InChI=1S/C11H20N4O/c1-4-8(2)15-6-5-10(14-15)7-13-9(3)11(12)16/h5-6,8-9,13H,4,7H2,1-3H3,(H2,12,16). The number of nitrogens with two attached hydrogens (primary N) is 1. The average molecular weight is 224 g/mol. The number of aromatic nitrogens is 2. The lowest BCUT2D eigenvalue weighted by Crippen LogP contribution is -2.38. The molecule has 0 saturated heterocycles. The molecule has 0 spiro atoms. The summed E-state index contributed by atoms with van der Waals surface area (Å²) < 4.78 is 1.94. The van der Waals surface area contributed by atoms with E-state index >= 15 is 0 Å². The topological polar surface area (TPSA) is 72.9 Å². The second-order valence-corrected chi connectivity index (χ2v) is 4.05. The lowest BCUT2D eigenvalue weighted by atomic mass is 10.3. The highest BCUT2D eigenvalue weighted by atomic mass is 16.1. The van der Waals surface area contributed by atoms with Crippen molar-refractivity contribution in [1.29, 1.82) is 0 Å². The minimum Gasteiger partial charge on any atom is -0.368 e. The van der Waals surface area contributed by atoms with Crippen LogP contribution < -0.4 is 11.1 Å². The molecule has 5 nitrogen and oxygen atoms in total. The zero-order valence-corrected chi connectivity index (χ0v) is 10.1. The molecule has 5 heteroatoms. The number of primary amides is 1. The third-order valence-electron chi connectivity index (χ3n) is 2.72. The monoisotopic (exact) mass is 224 g/mol. The van der Waals surface area contributed by atoms with Crippen molar-refractivity contribution < 1.29 is 4.79 Å². The minimum atomic E-state index is -0.346. The fourth-order valence-electron chi connectivity index (χ4n) is 1.26. The van der Waals surface area contributed by atoms with E-state index in [1.165, 1.54) is 0 Å². The summed E-state index contributed by atoms with van der Waals surface area (Å²) in [6, 6.07) is 2.03. The summed E-state index contributed by atoms with van der Waals surface area (Å²) in [6.45, 7) is 6.55. The molecule has 3 N–H and O–H groups in total. The Labute approximate surface area is 96.0 Å². The molecule has 0 aliphatic heterocycles. The molecule has 0 radical (unpaired) electrons. The maximum absolute atomic E-state index is 10.8. The van der Waals surface area contributed by atoms with Crippen molar-refractivity contribution in [1.82, 2.24) is 15.1 Å². The molecule has 0 aliphatic carbocycles. The number of rotatable bonds is 6. The van der Waals surface area contributed by atoms with Crippen LogP contribution in [0, 0.1) is 0 Å². The lowest BCUT2D eigenvalue weighted by Gasteiger charge is -2.09. The van der Waals surface area contributed by atoms with Gasteiger partial charge in [0.25, 0.3) is 0 Å². The van der Waals surface area contributed by atoms with E-state index in [9.17, 15) is 4.79 Å². The van der Waals surface area contributed by atoms with Crippen LogP contribution in [0.25, 0.3) is 0 Å². The number of hydrogen-bond acceptors (Lipinski definition) is 3. The molecule has 2 unspecified atom stereocenters. The highest BCUT2D eigenvalue weighted by Crippen LogP contribution is 2.08. The van der Waals surface area contributed by atoms with Crippen LogP contribution in [0.2, 0.25) is 0 Å². The van der Waals surface area contributed by atoms with Crippen molar-refractivity contribution in [3.05, 3.63) is 18.0 Å². The van der Waals surface area contributed by atoms with E-state index in [0.29, 0.717) is 12.6 Å². The van der Waals surface area contributed by atoms with Crippen LogP contribution in [0.4, 0.5) is 0 Å². The van der Waals surface area contributed by atoms with E-state index in [0.717, 1.165) is 12.1 Å². The van der Waals surface area contributed by atoms with Gasteiger partial charge in [0.05, 0.1) is 11.7 Å². The Balaban J connectivity index is 2.49. The Bertz CT molecular complexity index is 348. The summed E-state index contributed by atoms with van der Waals surface area (Å²) in [5.41, 5.74) is 6.07. The SMILES string of the molecule is CCC(C)n1ccc(CNC(C)C(N)=O)n1. The van der Waals surface area contributed by atoms with Gasteiger partial charge in [0.1, 0.15) is 0 Å². The fourth-order valence-corrected chi connectivity index (χ4v) is 1.26. The molecule has 0 fully saturated rings. The molecule has 0 saturated carbocycles. The van der Waals surface area contributed by atoms with Crippen LogP contribution in [0.3, 0.4) is 0 Å². The summed E-state index contributed by atoms with van der Waals surface area (Å²) >= 11 is 0. The number of amides is 1. The van der Waals surface area contributed by atoms with Gasteiger partial charge in [-0.2, -0.15) is 5.10 Å². The van der Waals surface area contributed by atoms with E-state index < -0.39 is 0 Å². The van der Waals surface area contributed by atoms with Crippen molar-refractivity contribution in [2.75, 3.05) is 0 Å². The lowest BCUT2D eigenvalue weighted by molar-refractivity contribution is -0.119. The molecule has 0 bridgehead atoms. The van der Waals surface area contributed by atoms with Crippen molar-refractivity contribution in [3.63, 3.8) is 0 Å². The van der Waals surface area contributed by atoms with Gasteiger partial charge in [-0.15, -0.1) is 0 Å². The quantitative estimate of drug-likeness (QED) is 0.751. The summed E-state index contributed by atoms with van der Waals surface area (Å²) in [6.07, 6.45) is 3.01. The zero-order valence-electron chi connectivity index (χ0n) is 10.1. The van der Waals surface area contributed by atoms with Crippen molar-refractivity contribution in [2.24, 2.45) is 5.73 Å². The van der Waals surface area contributed by atoms with E-state index in [1.807, 2.05) is 16.9 Å². The van der Waals surface area contributed by atoms with E-state index in [-0.39, 0.29) is 11.9 Å². The van der Waals surface area contributed by atoms with Gasteiger partial charge in [0.2, 0.25) is 5.91 Å². The average Bonchev–Trinajstić information content (AvgIpc) is 2.73. The number of hydrogen-bond donors (Lipinski definition) is 2. The first-order chi connectivity index (χ1) is 7.54. The molecule has 1 aromatic heterocycles. The Hall–Kier alpha value is -1.36. The normalized spacial score (nSPS) is 14.7. The van der Waals surface area contributed by atoms with Crippen LogP contribution in [0.1, 0.15) is 38.9 Å². The first kappa shape index (κ1) is 12.7. The smallest absolute Gasteiger partial charge is 0.234 e. The second kappa shape index (κ2) is 5.65. The Morgan fingerprint density at radius 2 is 2.31 bits per heavy atom. The maximum Gasteiger partial charge on any atom is 0.234 e. The zero-order chi connectivity index (χ0) is 12.1. The number of carbonyl (C=O) groups excluding carboxylic acids is 1. The Kier molecular flexibility index (Phi) is 4.49. The number of nitrogens with zero attached hydrogens (tertiary/aromatic N) is 2. The molecular formula is C11H20N4O. The van der Waals surface area contributed by atoms with Gasteiger partial charge in [-0.3, -0.25) is 9.48 Å². The fraction of sp³-hybridized carbons (Fsp3) is 0.636. The molecule has 1 aromatic rings. The third-order valence-corrected chi connectivity index (χ3v) is 2.72. The molecular weight excluding hydrogens is 204 g/mol. The van der Waals surface area contributed by atoms with Gasteiger partial charge in [0, 0.05) is 18.8 Å². The molecule has 2 atom stereocenters. The van der Waals surface area contributed by atoms with Crippen molar-refractivity contribution >= 4 is 5.91 Å². The van der Waals surface area contributed by atoms with Crippen LogP contribution in [0.5, 0.6) is 0 Å². The first-order valence-electron chi connectivity index (χ1n) is 5.61. The molecule has 1 heterocycles. The van der Waals surface area contributed by atoms with Crippen LogP contribution in [-0.4, -0.2) is 21.7 Å². The van der Waals surface area contributed by atoms with Gasteiger partial charge in [-0.05, 0) is 26.3 Å². The van der Waals surface area contributed by atoms with Crippen LogP contribution in [0.15, 0.2) is 12.3 Å². The number of carbonyl (C=O) groups is 1. The summed E-state index contributed by atoms with van der Waals surface area (Å²) in [5, 5.41) is 7.43. The maximum atomic E-state index is 10.8. The predicted octanol–water partition coefficient (Wildman–Crippen LogP) is 0.818. The van der Waals surface area contributed by atoms with Gasteiger partial charge in [-0.1, -0.05) is 6.92 Å². The highest BCUT2D eigenvalue weighted by molar-refractivity contribution is 5.79. The molecule has 1 amide bonds. The summed E-state index contributed by atoms with van der Waals surface area (Å²) in [7, 11) is 0. The van der Waals surface area contributed by atoms with Crippen LogP contribution in [-0.2, 0) is 11.3 Å². The second-order valence-electron chi connectivity index (χ2n) is 4.05. The van der Waals surface area contributed by atoms with Crippen molar-refractivity contribution in [3.8, 4) is 0 Å². The molecule has 0 aromatic carbocycles. The van der Waals surface area contributed by atoms with E-state index in [4.69, 9.17) is 5.73 Å². The van der Waals surface area contributed by atoms with Gasteiger partial charge < -0.3 is 11.1 Å². The van der Waals surface area contributed by atoms with Gasteiger partial charge >= 0.3 is 0 Å². The van der Waals surface area contributed by atoms with E-state index in [2.05, 4.69) is 24.3 Å². The Morgan fingerprint density at radius 1 is 1.62 bits per heavy atom. The number of nitrogens with one attached hydrogen (secondary N) is 1. The highest BCUT2D eigenvalue weighted by Gasteiger charge is 2.09. The molecule has 1 rings (SSSR count). The predicted molar refractivity (Wildman–Crippen MR) is 62.7 cm³/mol. The summed E-state index contributed by atoms with van der Waals surface area (Å²) in [4.78, 5) is 10.8. The van der Waals surface area contributed by atoms with Gasteiger partial charge in [0.15, 0.2) is 0 Å². The first-order valence-corrected chi connectivity index (χ1v) is 5.61. The van der Waals surface area contributed by atoms with Crippen LogP contribution >= 0.6 is 0 Å². The van der Waals surface area contributed by atoms with E-state index in [1.54, 1.807) is 6.92 Å². The van der Waals surface area contributed by atoms with Crippen molar-refractivity contribution in [2.45, 2.75) is 45.8 Å².